The first-order valence-corrected chi connectivity index (χ1v) is 6.20. The maximum absolute atomic E-state index is 12.3. The highest BCUT2D eigenvalue weighted by atomic mass is 32.1. The van der Waals surface area contributed by atoms with Gasteiger partial charge in [-0.3, -0.25) is 4.79 Å². The molecule has 3 heteroatoms. The summed E-state index contributed by atoms with van der Waals surface area (Å²) in [5.41, 5.74) is 0.910. The van der Waals surface area contributed by atoms with Gasteiger partial charge in [-0.2, -0.15) is 5.26 Å². The highest BCUT2D eigenvalue weighted by Crippen LogP contribution is 2.25. The molecule has 1 atom stereocenters. The van der Waals surface area contributed by atoms with Crippen LogP contribution in [0, 0.1) is 11.3 Å². The lowest BCUT2D eigenvalue weighted by Crippen LogP contribution is -2.11. The zero-order valence-electron chi connectivity index (χ0n) is 9.17. The Morgan fingerprint density at radius 2 is 2.00 bits per heavy atom. The zero-order valence-corrected chi connectivity index (χ0v) is 9.98. The number of nitriles is 1. The van der Waals surface area contributed by atoms with E-state index in [0.29, 0.717) is 4.88 Å². The number of rotatable bonds is 4. The van der Waals surface area contributed by atoms with Gasteiger partial charge in [-0.25, -0.2) is 0 Å². The molecule has 0 aliphatic heterocycles. The molecule has 1 aromatic carbocycles. The summed E-state index contributed by atoms with van der Waals surface area (Å²) < 4.78 is 0. The van der Waals surface area contributed by atoms with Gasteiger partial charge in [0.05, 0.1) is 16.9 Å². The van der Waals surface area contributed by atoms with E-state index in [1.54, 1.807) is 6.07 Å². The van der Waals surface area contributed by atoms with Gasteiger partial charge in [-0.15, -0.1) is 11.3 Å². The molecule has 0 N–H and O–H groups in total. The van der Waals surface area contributed by atoms with Crippen molar-refractivity contribution in [2.75, 3.05) is 0 Å². The molecule has 1 unspecified atom stereocenters. The molecule has 2 aromatic rings. The van der Waals surface area contributed by atoms with Gasteiger partial charge in [-0.05, 0) is 17.0 Å². The molecule has 0 saturated carbocycles. The monoisotopic (exact) mass is 241 g/mol. The molecule has 0 aliphatic rings. The third kappa shape index (κ3) is 2.61. The summed E-state index contributed by atoms with van der Waals surface area (Å²) in [6.07, 6.45) is 0.223. The Balaban J connectivity index is 2.31. The Morgan fingerprint density at radius 3 is 2.59 bits per heavy atom. The van der Waals surface area contributed by atoms with E-state index < -0.39 is 0 Å². The summed E-state index contributed by atoms with van der Waals surface area (Å²) in [4.78, 5) is 13.0. The summed E-state index contributed by atoms with van der Waals surface area (Å²) in [5.74, 6) is -0.312. The number of carbonyl (C=O) groups is 1. The van der Waals surface area contributed by atoms with Crippen molar-refractivity contribution in [3.8, 4) is 6.07 Å². The first-order valence-electron chi connectivity index (χ1n) is 5.32. The van der Waals surface area contributed by atoms with E-state index in [1.165, 1.54) is 11.3 Å². The predicted molar refractivity (Wildman–Crippen MR) is 68.1 cm³/mol. The second-order valence-corrected chi connectivity index (χ2v) is 4.61. The van der Waals surface area contributed by atoms with Gasteiger partial charge in [0.2, 0.25) is 0 Å². The highest BCUT2D eigenvalue weighted by molar-refractivity contribution is 7.12. The predicted octanol–water partition coefficient (Wildman–Crippen LogP) is 3.63. The van der Waals surface area contributed by atoms with Crippen LogP contribution in [0.5, 0.6) is 0 Å². The van der Waals surface area contributed by atoms with Crippen LogP contribution in [0.1, 0.15) is 27.6 Å². The minimum absolute atomic E-state index is 0.0350. The average Bonchev–Trinajstić information content (AvgIpc) is 2.90. The topological polar surface area (TPSA) is 40.9 Å². The summed E-state index contributed by atoms with van der Waals surface area (Å²) >= 11 is 1.42. The lowest BCUT2D eigenvalue weighted by Gasteiger charge is -2.11. The SMILES string of the molecule is N#CCC(C(=O)c1cccs1)c1ccccc1. The lowest BCUT2D eigenvalue weighted by molar-refractivity contribution is 0.0964. The standard InChI is InChI=1S/C14H11NOS/c15-9-8-12(11-5-2-1-3-6-11)14(16)13-7-4-10-17-13/h1-7,10,12H,8H2. The van der Waals surface area contributed by atoms with Gasteiger partial charge in [0.25, 0.3) is 0 Å². The molecule has 0 saturated heterocycles. The van der Waals surface area contributed by atoms with Gasteiger partial charge < -0.3 is 0 Å². The van der Waals surface area contributed by atoms with Crippen molar-refractivity contribution < 1.29 is 4.79 Å². The molecule has 84 valence electrons. The summed E-state index contributed by atoms with van der Waals surface area (Å²) in [7, 11) is 0. The van der Waals surface area contributed by atoms with E-state index in [2.05, 4.69) is 6.07 Å². The number of thiophene rings is 1. The first kappa shape index (κ1) is 11.6. The quantitative estimate of drug-likeness (QED) is 0.767. The van der Waals surface area contributed by atoms with Crippen LogP contribution in [0.3, 0.4) is 0 Å². The lowest BCUT2D eigenvalue weighted by atomic mass is 9.91. The molecule has 0 bridgehead atoms. The van der Waals surface area contributed by atoms with Crippen molar-refractivity contribution in [2.24, 2.45) is 0 Å². The minimum Gasteiger partial charge on any atom is -0.293 e. The molecule has 0 amide bonds. The highest BCUT2D eigenvalue weighted by Gasteiger charge is 2.22. The van der Waals surface area contributed by atoms with E-state index in [1.807, 2.05) is 41.8 Å². The normalized spacial score (nSPS) is 11.7. The van der Waals surface area contributed by atoms with Crippen molar-refractivity contribution in [3.05, 3.63) is 58.3 Å². The molecule has 0 fully saturated rings. The van der Waals surface area contributed by atoms with Crippen molar-refractivity contribution in [1.29, 1.82) is 5.26 Å². The molecule has 0 spiro atoms. The number of Topliss-reactive ketones (excluding diaryl/α,β-unsaturated/α-hetero) is 1. The van der Waals surface area contributed by atoms with Crippen molar-refractivity contribution in [3.63, 3.8) is 0 Å². The first-order chi connectivity index (χ1) is 8.33. The maximum Gasteiger partial charge on any atom is 0.181 e. The molecule has 1 heterocycles. The zero-order chi connectivity index (χ0) is 12.1. The van der Waals surface area contributed by atoms with E-state index >= 15 is 0 Å². The van der Waals surface area contributed by atoms with Crippen LogP contribution in [0.4, 0.5) is 0 Å². The largest absolute Gasteiger partial charge is 0.293 e. The van der Waals surface area contributed by atoms with E-state index in [-0.39, 0.29) is 18.1 Å². The van der Waals surface area contributed by atoms with E-state index in [4.69, 9.17) is 5.26 Å². The van der Waals surface area contributed by atoms with E-state index in [0.717, 1.165) is 5.56 Å². The Bertz CT molecular complexity index is 525. The second-order valence-electron chi connectivity index (χ2n) is 3.67. The Morgan fingerprint density at radius 1 is 1.24 bits per heavy atom. The van der Waals surface area contributed by atoms with Gasteiger partial charge in [0.15, 0.2) is 5.78 Å². The van der Waals surface area contributed by atoms with Crippen LogP contribution < -0.4 is 0 Å². The fourth-order valence-corrected chi connectivity index (χ4v) is 2.45. The molecule has 2 nitrogen and oxygen atoms in total. The Labute approximate surface area is 104 Å². The van der Waals surface area contributed by atoms with Gasteiger partial charge >= 0.3 is 0 Å². The molecule has 0 aliphatic carbocycles. The maximum atomic E-state index is 12.3. The molecule has 2 rings (SSSR count). The number of ketones is 1. The Kier molecular flexibility index (Phi) is 3.69. The third-order valence-corrected chi connectivity index (χ3v) is 3.46. The van der Waals surface area contributed by atoms with Crippen LogP contribution in [0.25, 0.3) is 0 Å². The fourth-order valence-electron chi connectivity index (χ4n) is 1.73. The van der Waals surface area contributed by atoms with Crippen LogP contribution in [0.15, 0.2) is 47.8 Å². The smallest absolute Gasteiger partial charge is 0.181 e. The van der Waals surface area contributed by atoms with Crippen molar-refractivity contribution >= 4 is 17.1 Å². The van der Waals surface area contributed by atoms with Gasteiger partial charge in [0.1, 0.15) is 0 Å². The molecule has 1 aromatic heterocycles. The van der Waals surface area contributed by atoms with Crippen molar-refractivity contribution in [2.45, 2.75) is 12.3 Å². The number of hydrogen-bond donors (Lipinski definition) is 0. The molecule has 17 heavy (non-hydrogen) atoms. The summed E-state index contributed by atoms with van der Waals surface area (Å²) in [6, 6.07) is 15.2. The van der Waals surface area contributed by atoms with Gasteiger partial charge in [0, 0.05) is 6.42 Å². The van der Waals surface area contributed by atoms with Crippen LogP contribution in [0.2, 0.25) is 0 Å². The fraction of sp³-hybridized carbons (Fsp3) is 0.143. The van der Waals surface area contributed by atoms with Crippen LogP contribution in [-0.2, 0) is 0 Å². The number of nitrogens with zero attached hydrogens (tertiary/aromatic N) is 1. The number of benzene rings is 1. The summed E-state index contributed by atoms with van der Waals surface area (Å²) in [6.45, 7) is 0. The van der Waals surface area contributed by atoms with Crippen LogP contribution in [-0.4, -0.2) is 5.78 Å². The van der Waals surface area contributed by atoms with Crippen molar-refractivity contribution in [1.82, 2.24) is 0 Å². The van der Waals surface area contributed by atoms with Crippen LogP contribution >= 0.6 is 11.3 Å². The minimum atomic E-state index is -0.347. The third-order valence-electron chi connectivity index (χ3n) is 2.58. The number of carbonyl (C=O) groups excluding carboxylic acids is 1. The van der Waals surface area contributed by atoms with Gasteiger partial charge in [-0.1, -0.05) is 36.4 Å². The molecular formula is C14H11NOS. The number of hydrogen-bond acceptors (Lipinski definition) is 3. The summed E-state index contributed by atoms with van der Waals surface area (Å²) in [5, 5.41) is 10.7. The second kappa shape index (κ2) is 5.42. The van der Waals surface area contributed by atoms with E-state index in [9.17, 15) is 4.79 Å². The average molecular weight is 241 g/mol. The molecule has 0 radical (unpaired) electrons. The Hall–Kier alpha value is -1.92. The molecular weight excluding hydrogens is 230 g/mol.